The number of hydrogen-bond donors (Lipinski definition) is 4. The minimum atomic E-state index is -0.558. The zero-order valence-corrected chi connectivity index (χ0v) is 18.6. The largest absolute Gasteiger partial charge is 0.396 e. The van der Waals surface area contributed by atoms with E-state index in [-0.39, 0.29) is 18.4 Å². The van der Waals surface area contributed by atoms with E-state index in [2.05, 4.69) is 31.2 Å². The Morgan fingerprint density at radius 1 is 1.17 bits per heavy atom. The smallest absolute Gasteiger partial charge is 0.0724 e. The van der Waals surface area contributed by atoms with Gasteiger partial charge >= 0.3 is 0 Å². The van der Waals surface area contributed by atoms with E-state index < -0.39 is 18.3 Å². The van der Waals surface area contributed by atoms with E-state index in [1.807, 2.05) is 13.0 Å². The lowest BCUT2D eigenvalue weighted by Gasteiger charge is -2.19. The van der Waals surface area contributed by atoms with Gasteiger partial charge in [-0.2, -0.15) is 0 Å². The van der Waals surface area contributed by atoms with Crippen LogP contribution in [0.2, 0.25) is 0 Å². The SMILES string of the molecule is Cc1ccc(CC[C@H](O)/C=C/[C@@H]2[C@@H](C/C=C\CCCC(C)CO)[C@@H](O)C[C@H]2O)s1. The van der Waals surface area contributed by atoms with Gasteiger partial charge in [0.2, 0.25) is 0 Å². The third kappa shape index (κ3) is 8.35. The quantitative estimate of drug-likeness (QED) is 0.303. The van der Waals surface area contributed by atoms with Crippen LogP contribution in [0.3, 0.4) is 0 Å². The minimum absolute atomic E-state index is 0.0130. The maximum absolute atomic E-state index is 10.3. The maximum atomic E-state index is 10.3. The van der Waals surface area contributed by atoms with Gasteiger partial charge in [-0.15, -0.1) is 11.3 Å². The topological polar surface area (TPSA) is 80.9 Å². The van der Waals surface area contributed by atoms with Crippen molar-refractivity contribution in [2.75, 3.05) is 6.61 Å². The minimum Gasteiger partial charge on any atom is -0.396 e. The van der Waals surface area contributed by atoms with Crippen LogP contribution in [0.1, 0.15) is 55.2 Å². The van der Waals surface area contributed by atoms with Crippen LogP contribution in [-0.2, 0) is 6.42 Å². The highest BCUT2D eigenvalue weighted by molar-refractivity contribution is 7.11. The number of hydrogen-bond acceptors (Lipinski definition) is 5. The molecule has 0 aromatic carbocycles. The predicted octanol–water partition coefficient (Wildman–Crippen LogP) is 4.01. The van der Waals surface area contributed by atoms with Gasteiger partial charge < -0.3 is 20.4 Å². The van der Waals surface area contributed by atoms with Crippen LogP contribution in [0.25, 0.3) is 0 Å². The number of aliphatic hydroxyl groups excluding tert-OH is 4. The molecule has 1 aliphatic rings. The zero-order valence-electron chi connectivity index (χ0n) is 17.8. The molecule has 1 aromatic heterocycles. The normalized spacial score (nSPS) is 27.2. The first kappa shape index (κ1) is 24.3. The fourth-order valence-corrected chi connectivity index (χ4v) is 4.92. The Morgan fingerprint density at radius 3 is 2.66 bits per heavy atom. The Kier molecular flexibility index (Phi) is 10.6. The highest BCUT2D eigenvalue weighted by Gasteiger charge is 2.39. The van der Waals surface area contributed by atoms with E-state index >= 15 is 0 Å². The summed E-state index contributed by atoms with van der Waals surface area (Å²) in [5.74, 6) is 0.212. The monoisotopic (exact) mass is 422 g/mol. The number of aryl methyl sites for hydroxylation is 2. The molecule has 1 unspecified atom stereocenters. The molecule has 1 aliphatic carbocycles. The van der Waals surface area contributed by atoms with Crippen LogP contribution >= 0.6 is 11.3 Å². The van der Waals surface area contributed by atoms with Crippen molar-refractivity contribution in [1.29, 1.82) is 0 Å². The van der Waals surface area contributed by atoms with Crippen molar-refractivity contribution in [2.45, 2.75) is 77.1 Å². The number of aliphatic hydroxyl groups is 4. The average Bonchev–Trinajstić information content (AvgIpc) is 3.23. The summed E-state index contributed by atoms with van der Waals surface area (Å²) in [6.07, 6.45) is 12.0. The summed E-state index contributed by atoms with van der Waals surface area (Å²) in [7, 11) is 0. The average molecular weight is 423 g/mol. The lowest BCUT2D eigenvalue weighted by Crippen LogP contribution is -2.20. The lowest BCUT2D eigenvalue weighted by molar-refractivity contribution is 0.120. The molecule has 1 saturated carbocycles. The third-order valence-corrected chi connectivity index (χ3v) is 6.97. The molecule has 0 saturated heterocycles. The summed E-state index contributed by atoms with van der Waals surface area (Å²) in [6, 6.07) is 4.21. The summed E-state index contributed by atoms with van der Waals surface area (Å²) < 4.78 is 0. The van der Waals surface area contributed by atoms with Crippen LogP contribution in [0.5, 0.6) is 0 Å². The van der Waals surface area contributed by atoms with Crippen LogP contribution in [0, 0.1) is 24.7 Å². The Hall–Kier alpha value is -0.980. The molecule has 1 fully saturated rings. The number of rotatable bonds is 12. The standard InChI is InChI=1S/C24H38O4S/c1-17(16-25)7-5-3-4-6-8-21-22(24(28)15-23(21)27)14-11-19(26)10-13-20-12-9-18(2)29-20/h4,6,9,11-12,14,17,19,21-28H,3,5,7-8,10,13,15-16H2,1-2H3/b6-4-,14-11+/t17?,19-,21+,22+,23-,24+/m0/s1. The molecule has 5 heteroatoms. The summed E-state index contributed by atoms with van der Waals surface area (Å²) in [5, 5.41) is 40.0. The first-order valence-electron chi connectivity index (χ1n) is 10.9. The van der Waals surface area contributed by atoms with Crippen molar-refractivity contribution in [3.63, 3.8) is 0 Å². The zero-order chi connectivity index (χ0) is 21.2. The van der Waals surface area contributed by atoms with Crippen LogP contribution < -0.4 is 0 Å². The fourth-order valence-electron chi connectivity index (χ4n) is 4.02. The van der Waals surface area contributed by atoms with Crippen LogP contribution in [0.4, 0.5) is 0 Å². The van der Waals surface area contributed by atoms with Crippen molar-refractivity contribution in [2.24, 2.45) is 17.8 Å². The molecule has 0 spiro atoms. The molecule has 4 N–H and O–H groups in total. The molecular formula is C24H38O4S. The van der Waals surface area contributed by atoms with Gasteiger partial charge in [0, 0.05) is 28.7 Å². The van der Waals surface area contributed by atoms with Crippen molar-refractivity contribution in [3.8, 4) is 0 Å². The van der Waals surface area contributed by atoms with E-state index in [4.69, 9.17) is 5.11 Å². The Bertz CT molecular complexity index is 639. The molecule has 29 heavy (non-hydrogen) atoms. The van der Waals surface area contributed by atoms with Gasteiger partial charge in [0.1, 0.15) is 0 Å². The Labute approximate surface area is 179 Å². The second-order valence-electron chi connectivity index (χ2n) is 8.54. The maximum Gasteiger partial charge on any atom is 0.0724 e. The summed E-state index contributed by atoms with van der Waals surface area (Å²) in [6.45, 7) is 4.37. The molecule has 2 rings (SSSR count). The second kappa shape index (κ2) is 12.7. The summed E-state index contributed by atoms with van der Waals surface area (Å²) >= 11 is 1.76. The van der Waals surface area contributed by atoms with E-state index in [0.29, 0.717) is 18.8 Å². The lowest BCUT2D eigenvalue weighted by atomic mass is 9.89. The van der Waals surface area contributed by atoms with E-state index in [0.717, 1.165) is 32.1 Å². The molecule has 4 nitrogen and oxygen atoms in total. The third-order valence-electron chi connectivity index (χ3n) is 5.91. The van der Waals surface area contributed by atoms with E-state index in [1.54, 1.807) is 17.4 Å². The highest BCUT2D eigenvalue weighted by atomic mass is 32.1. The van der Waals surface area contributed by atoms with Crippen molar-refractivity contribution >= 4 is 11.3 Å². The molecule has 1 heterocycles. The Morgan fingerprint density at radius 2 is 1.97 bits per heavy atom. The van der Waals surface area contributed by atoms with Crippen LogP contribution in [0.15, 0.2) is 36.4 Å². The van der Waals surface area contributed by atoms with Crippen molar-refractivity contribution < 1.29 is 20.4 Å². The summed E-state index contributed by atoms with van der Waals surface area (Å²) in [4.78, 5) is 2.56. The van der Waals surface area contributed by atoms with E-state index in [9.17, 15) is 15.3 Å². The van der Waals surface area contributed by atoms with Gasteiger partial charge in [-0.05, 0) is 69.4 Å². The molecule has 0 aliphatic heterocycles. The molecule has 1 aromatic rings. The van der Waals surface area contributed by atoms with Gasteiger partial charge in [0.15, 0.2) is 0 Å². The Balaban J connectivity index is 1.79. The summed E-state index contributed by atoms with van der Waals surface area (Å²) in [5.41, 5.74) is 0. The molecule has 0 amide bonds. The van der Waals surface area contributed by atoms with E-state index in [1.165, 1.54) is 9.75 Å². The molecule has 164 valence electrons. The van der Waals surface area contributed by atoms with Gasteiger partial charge in [0.25, 0.3) is 0 Å². The molecule has 6 atom stereocenters. The molecule has 0 bridgehead atoms. The van der Waals surface area contributed by atoms with Crippen molar-refractivity contribution in [1.82, 2.24) is 0 Å². The first-order valence-corrected chi connectivity index (χ1v) is 11.8. The fraction of sp³-hybridized carbons (Fsp3) is 0.667. The number of allylic oxidation sites excluding steroid dienone is 2. The molecule has 0 radical (unpaired) electrons. The molecular weight excluding hydrogens is 384 g/mol. The number of thiophene rings is 1. The van der Waals surface area contributed by atoms with Crippen LogP contribution in [-0.4, -0.2) is 45.3 Å². The van der Waals surface area contributed by atoms with Gasteiger partial charge in [0.05, 0.1) is 18.3 Å². The van der Waals surface area contributed by atoms with Gasteiger partial charge in [-0.1, -0.05) is 31.2 Å². The predicted molar refractivity (Wildman–Crippen MR) is 120 cm³/mol. The second-order valence-corrected chi connectivity index (χ2v) is 9.91. The highest BCUT2D eigenvalue weighted by Crippen LogP contribution is 2.36. The van der Waals surface area contributed by atoms with Gasteiger partial charge in [-0.3, -0.25) is 0 Å². The number of unbranched alkanes of at least 4 members (excludes halogenated alkanes) is 1. The van der Waals surface area contributed by atoms with Crippen molar-refractivity contribution in [3.05, 3.63) is 46.2 Å². The van der Waals surface area contributed by atoms with Gasteiger partial charge in [-0.25, -0.2) is 0 Å². The first-order chi connectivity index (χ1) is 13.9.